The van der Waals surface area contributed by atoms with E-state index in [1.165, 1.54) is 6.42 Å². The molecule has 3 N–H and O–H groups in total. The second-order valence-electron chi connectivity index (χ2n) is 6.30. The molecule has 4 rings (SSSR count). The van der Waals surface area contributed by atoms with Crippen LogP contribution >= 0.6 is 24.8 Å². The molecule has 2 aromatic rings. The molecule has 2 aromatic heterocycles. The molecule has 2 saturated carbocycles. The summed E-state index contributed by atoms with van der Waals surface area (Å²) in [4.78, 5) is 20.8. The Bertz CT molecular complexity index is 674. The van der Waals surface area contributed by atoms with E-state index in [-0.39, 0.29) is 42.7 Å². The molecule has 1 amide bonds. The SMILES string of the molecule is Cl.Cl.NC1C2CCC(C2)C1C(=O)Nc1ccc(-n2ccnc2)nc1. The van der Waals surface area contributed by atoms with Crippen LogP contribution in [0, 0.1) is 17.8 Å². The van der Waals surface area contributed by atoms with Crippen LogP contribution in [-0.4, -0.2) is 26.5 Å². The van der Waals surface area contributed by atoms with Gasteiger partial charge in [0, 0.05) is 18.4 Å². The minimum absolute atomic E-state index is 0. The predicted octanol–water partition coefficient (Wildman–Crippen LogP) is 2.42. The van der Waals surface area contributed by atoms with Gasteiger partial charge in [-0.3, -0.25) is 9.36 Å². The van der Waals surface area contributed by atoms with Gasteiger partial charge in [0.25, 0.3) is 0 Å². The Morgan fingerprint density at radius 1 is 1.25 bits per heavy atom. The monoisotopic (exact) mass is 369 g/mol. The first-order valence-corrected chi connectivity index (χ1v) is 7.73. The highest BCUT2D eigenvalue weighted by atomic mass is 35.5. The van der Waals surface area contributed by atoms with Gasteiger partial charge in [-0.05, 0) is 43.2 Å². The standard InChI is InChI=1S/C16H19N5O.2ClH/c17-15-11-2-1-10(7-11)14(15)16(22)20-12-3-4-13(19-8-12)21-6-5-18-9-21;;/h3-6,8-11,14-15H,1-2,7,17H2,(H,20,22);2*1H. The molecule has 0 aromatic carbocycles. The summed E-state index contributed by atoms with van der Waals surface area (Å²) in [5.41, 5.74) is 6.93. The van der Waals surface area contributed by atoms with Gasteiger partial charge in [-0.2, -0.15) is 0 Å². The Hall–Kier alpha value is -1.63. The molecular weight excluding hydrogens is 349 g/mol. The maximum absolute atomic E-state index is 12.5. The van der Waals surface area contributed by atoms with Crippen LogP contribution in [0.4, 0.5) is 5.69 Å². The predicted molar refractivity (Wildman–Crippen MR) is 96.8 cm³/mol. The number of hydrogen-bond donors (Lipinski definition) is 2. The van der Waals surface area contributed by atoms with Crippen molar-refractivity contribution in [3.05, 3.63) is 37.1 Å². The number of nitrogens with two attached hydrogens (primary N) is 1. The first-order chi connectivity index (χ1) is 10.7. The fraction of sp³-hybridized carbons (Fsp3) is 0.438. The van der Waals surface area contributed by atoms with E-state index < -0.39 is 0 Å². The Labute approximate surface area is 153 Å². The van der Waals surface area contributed by atoms with Crippen molar-refractivity contribution >= 4 is 36.4 Å². The minimum atomic E-state index is -0.0490. The summed E-state index contributed by atoms with van der Waals surface area (Å²) >= 11 is 0. The molecule has 4 unspecified atom stereocenters. The van der Waals surface area contributed by atoms with Crippen LogP contribution in [0.25, 0.3) is 5.82 Å². The van der Waals surface area contributed by atoms with Crippen LogP contribution in [0.15, 0.2) is 37.1 Å². The topological polar surface area (TPSA) is 85.8 Å². The van der Waals surface area contributed by atoms with Crippen LogP contribution in [0.3, 0.4) is 0 Å². The van der Waals surface area contributed by atoms with Crippen molar-refractivity contribution in [2.24, 2.45) is 23.5 Å². The first-order valence-electron chi connectivity index (χ1n) is 7.73. The van der Waals surface area contributed by atoms with E-state index in [4.69, 9.17) is 5.73 Å². The Kier molecular flexibility index (Phi) is 5.85. The van der Waals surface area contributed by atoms with Crippen LogP contribution in [0.2, 0.25) is 0 Å². The maximum atomic E-state index is 12.5. The van der Waals surface area contributed by atoms with Gasteiger partial charge in [-0.25, -0.2) is 9.97 Å². The van der Waals surface area contributed by atoms with Crippen molar-refractivity contribution in [2.45, 2.75) is 25.3 Å². The molecule has 2 aliphatic rings. The molecule has 0 spiro atoms. The number of hydrogen-bond acceptors (Lipinski definition) is 4. The lowest BCUT2D eigenvalue weighted by atomic mass is 9.84. The minimum Gasteiger partial charge on any atom is -0.327 e. The van der Waals surface area contributed by atoms with Crippen LogP contribution in [0.5, 0.6) is 0 Å². The molecule has 0 aliphatic heterocycles. The lowest BCUT2D eigenvalue weighted by Gasteiger charge is -2.26. The average molecular weight is 370 g/mol. The number of aromatic nitrogens is 3. The zero-order chi connectivity index (χ0) is 15.1. The van der Waals surface area contributed by atoms with Gasteiger partial charge in [0.15, 0.2) is 0 Å². The highest BCUT2D eigenvalue weighted by Gasteiger charge is 2.49. The lowest BCUT2D eigenvalue weighted by molar-refractivity contribution is -0.121. The number of imidazole rings is 1. The largest absolute Gasteiger partial charge is 0.327 e. The molecule has 2 heterocycles. The molecule has 2 bridgehead atoms. The number of nitrogens with one attached hydrogen (secondary N) is 1. The maximum Gasteiger partial charge on any atom is 0.229 e. The third kappa shape index (κ3) is 3.27. The summed E-state index contributed by atoms with van der Waals surface area (Å²) in [6, 6.07) is 3.73. The lowest BCUT2D eigenvalue weighted by Crippen LogP contribution is -2.42. The van der Waals surface area contributed by atoms with E-state index in [0.29, 0.717) is 17.5 Å². The molecule has 8 heteroatoms. The van der Waals surface area contributed by atoms with Crippen molar-refractivity contribution < 1.29 is 4.79 Å². The molecule has 24 heavy (non-hydrogen) atoms. The number of carbonyl (C=O) groups is 1. The van der Waals surface area contributed by atoms with E-state index in [9.17, 15) is 4.79 Å². The number of anilines is 1. The molecule has 2 fully saturated rings. The van der Waals surface area contributed by atoms with Gasteiger partial charge in [-0.1, -0.05) is 0 Å². The summed E-state index contributed by atoms with van der Waals surface area (Å²) in [5, 5.41) is 2.97. The smallest absolute Gasteiger partial charge is 0.229 e. The fourth-order valence-corrected chi connectivity index (χ4v) is 3.96. The highest BCUT2D eigenvalue weighted by molar-refractivity contribution is 5.93. The molecule has 4 atom stereocenters. The summed E-state index contributed by atoms with van der Waals surface area (Å²) < 4.78 is 1.82. The third-order valence-corrected chi connectivity index (χ3v) is 5.07. The normalized spacial score (nSPS) is 27.2. The average Bonchev–Trinajstić information content (AvgIpc) is 3.25. The van der Waals surface area contributed by atoms with Crippen molar-refractivity contribution in [1.29, 1.82) is 0 Å². The van der Waals surface area contributed by atoms with Crippen LogP contribution < -0.4 is 11.1 Å². The Balaban J connectivity index is 0.00000104. The third-order valence-electron chi connectivity index (χ3n) is 5.07. The zero-order valence-electron chi connectivity index (χ0n) is 13.0. The van der Waals surface area contributed by atoms with E-state index in [0.717, 1.165) is 18.7 Å². The molecule has 2 aliphatic carbocycles. The van der Waals surface area contributed by atoms with Gasteiger partial charge in [0.1, 0.15) is 12.1 Å². The number of pyridine rings is 1. The number of rotatable bonds is 3. The summed E-state index contributed by atoms with van der Waals surface area (Å²) in [6.45, 7) is 0. The van der Waals surface area contributed by atoms with Gasteiger partial charge in [-0.15, -0.1) is 24.8 Å². The quantitative estimate of drug-likeness (QED) is 0.869. The van der Waals surface area contributed by atoms with E-state index in [2.05, 4.69) is 15.3 Å². The fourth-order valence-electron chi connectivity index (χ4n) is 3.96. The van der Waals surface area contributed by atoms with Gasteiger partial charge < -0.3 is 11.1 Å². The highest BCUT2D eigenvalue weighted by Crippen LogP contribution is 2.47. The van der Waals surface area contributed by atoms with E-state index >= 15 is 0 Å². The van der Waals surface area contributed by atoms with Gasteiger partial charge in [0.05, 0.1) is 17.8 Å². The number of amides is 1. The first kappa shape index (κ1) is 18.7. The molecule has 0 saturated heterocycles. The van der Waals surface area contributed by atoms with Crippen molar-refractivity contribution in [2.75, 3.05) is 5.32 Å². The summed E-state index contributed by atoms with van der Waals surface area (Å²) in [5.74, 6) is 1.75. The van der Waals surface area contributed by atoms with Crippen LogP contribution in [0.1, 0.15) is 19.3 Å². The number of fused-ring (bicyclic) bond motifs is 2. The Morgan fingerprint density at radius 3 is 2.62 bits per heavy atom. The second kappa shape index (κ2) is 7.51. The van der Waals surface area contributed by atoms with Crippen LogP contribution in [-0.2, 0) is 4.79 Å². The van der Waals surface area contributed by atoms with Crippen molar-refractivity contribution in [1.82, 2.24) is 14.5 Å². The molecular formula is C16H21Cl2N5O. The van der Waals surface area contributed by atoms with Crippen molar-refractivity contribution in [3.63, 3.8) is 0 Å². The van der Waals surface area contributed by atoms with E-state index in [1.54, 1.807) is 18.7 Å². The second-order valence-corrected chi connectivity index (χ2v) is 6.30. The number of nitrogens with zero attached hydrogens (tertiary/aromatic N) is 3. The summed E-state index contributed by atoms with van der Waals surface area (Å²) in [7, 11) is 0. The van der Waals surface area contributed by atoms with E-state index in [1.807, 2.05) is 22.9 Å². The zero-order valence-corrected chi connectivity index (χ0v) is 14.7. The molecule has 6 nitrogen and oxygen atoms in total. The number of halogens is 2. The summed E-state index contributed by atoms with van der Waals surface area (Å²) in [6.07, 6.45) is 10.3. The number of carbonyl (C=O) groups excluding carboxylic acids is 1. The molecule has 0 radical (unpaired) electrons. The van der Waals surface area contributed by atoms with Crippen molar-refractivity contribution in [3.8, 4) is 5.82 Å². The molecule has 130 valence electrons. The van der Waals surface area contributed by atoms with Gasteiger partial charge >= 0.3 is 0 Å². The van der Waals surface area contributed by atoms with Gasteiger partial charge in [0.2, 0.25) is 5.91 Å². The Morgan fingerprint density at radius 2 is 2.04 bits per heavy atom.